The van der Waals surface area contributed by atoms with Crippen molar-refractivity contribution in [3.8, 4) is 0 Å². The highest BCUT2D eigenvalue weighted by Crippen LogP contribution is 2.14. The first-order valence-electron chi connectivity index (χ1n) is 12.3. The molecule has 1 atom stereocenters. The summed E-state index contributed by atoms with van der Waals surface area (Å²) in [5.41, 5.74) is 3.27. The second-order valence-corrected chi connectivity index (χ2v) is 9.41. The normalized spacial score (nSPS) is 11.2. The Labute approximate surface area is 230 Å². The Kier molecular flexibility index (Phi) is 11.6. The number of hydrogen-bond acceptors (Lipinski definition) is 6. The monoisotopic (exact) mass is 582 g/mol. The highest BCUT2D eigenvalue weighted by Gasteiger charge is 2.13. The van der Waals surface area contributed by atoms with Gasteiger partial charge >= 0.3 is 12.2 Å². The van der Waals surface area contributed by atoms with E-state index in [0.717, 1.165) is 29.3 Å². The lowest BCUT2D eigenvalue weighted by molar-refractivity contribution is 0.0770. The van der Waals surface area contributed by atoms with E-state index in [0.29, 0.717) is 24.2 Å². The molecule has 0 saturated heterocycles. The average Bonchev–Trinajstić information content (AvgIpc) is 2.90. The molecular weight excluding hydrogens is 552 g/mol. The number of ether oxygens (including phenoxy) is 2. The van der Waals surface area contributed by atoms with Crippen LogP contribution in [0.4, 0.5) is 15.3 Å². The maximum atomic E-state index is 12.3. The Hall–Kier alpha value is -3.92. The van der Waals surface area contributed by atoms with E-state index in [2.05, 4.69) is 49.0 Å². The van der Waals surface area contributed by atoms with E-state index in [1.165, 1.54) is 11.8 Å². The van der Waals surface area contributed by atoms with Gasteiger partial charge in [-0.15, -0.1) is 0 Å². The van der Waals surface area contributed by atoms with Gasteiger partial charge in [0.05, 0.1) is 12.2 Å². The SMILES string of the molecule is CC(NC(=O)OCCc1ccc(NC(=O)c2cncc(Br)c2)cc1)OC(=O)NCCCCc1ccccc1. The summed E-state index contributed by atoms with van der Waals surface area (Å²) in [4.78, 5) is 40.2. The lowest BCUT2D eigenvalue weighted by Gasteiger charge is -2.15. The number of aryl methyl sites for hydroxylation is 1. The Morgan fingerprint density at radius 3 is 2.39 bits per heavy atom. The van der Waals surface area contributed by atoms with Gasteiger partial charge in [0, 0.05) is 35.5 Å². The number of anilines is 1. The maximum absolute atomic E-state index is 12.3. The molecule has 3 amide bonds. The van der Waals surface area contributed by atoms with E-state index in [9.17, 15) is 14.4 Å². The van der Waals surface area contributed by atoms with E-state index < -0.39 is 18.4 Å². The van der Waals surface area contributed by atoms with E-state index in [4.69, 9.17) is 9.47 Å². The smallest absolute Gasteiger partial charge is 0.409 e. The predicted molar refractivity (Wildman–Crippen MR) is 148 cm³/mol. The molecule has 10 heteroatoms. The molecule has 3 N–H and O–H groups in total. The van der Waals surface area contributed by atoms with Crippen LogP contribution in [0.25, 0.3) is 0 Å². The van der Waals surface area contributed by atoms with E-state index in [1.54, 1.807) is 31.3 Å². The minimum atomic E-state index is -0.838. The van der Waals surface area contributed by atoms with Crippen LogP contribution in [0.3, 0.4) is 0 Å². The Morgan fingerprint density at radius 1 is 0.921 bits per heavy atom. The first kappa shape index (κ1) is 28.6. The zero-order valence-electron chi connectivity index (χ0n) is 21.1. The summed E-state index contributed by atoms with van der Waals surface area (Å²) in [6.07, 6.45) is 4.19. The van der Waals surface area contributed by atoms with Crippen molar-refractivity contribution in [1.29, 1.82) is 0 Å². The molecule has 200 valence electrons. The van der Waals surface area contributed by atoms with Crippen LogP contribution in [0.15, 0.2) is 77.5 Å². The number of benzene rings is 2. The van der Waals surface area contributed by atoms with Crippen molar-refractivity contribution in [2.45, 2.75) is 38.8 Å². The lowest BCUT2D eigenvalue weighted by Crippen LogP contribution is -2.39. The zero-order chi connectivity index (χ0) is 27.2. The van der Waals surface area contributed by atoms with E-state index in [1.807, 2.05) is 30.3 Å². The van der Waals surface area contributed by atoms with Gasteiger partial charge in [0.25, 0.3) is 5.91 Å². The number of rotatable bonds is 12. The molecule has 0 aliphatic heterocycles. The van der Waals surface area contributed by atoms with Gasteiger partial charge in [0.15, 0.2) is 6.23 Å². The van der Waals surface area contributed by atoms with Crippen molar-refractivity contribution >= 4 is 39.7 Å². The van der Waals surface area contributed by atoms with Crippen molar-refractivity contribution < 1.29 is 23.9 Å². The summed E-state index contributed by atoms with van der Waals surface area (Å²) < 4.78 is 11.0. The molecule has 2 aromatic carbocycles. The van der Waals surface area contributed by atoms with E-state index in [-0.39, 0.29) is 12.5 Å². The summed E-state index contributed by atoms with van der Waals surface area (Å²) in [5.74, 6) is -0.264. The summed E-state index contributed by atoms with van der Waals surface area (Å²) in [5, 5.41) is 7.96. The predicted octanol–water partition coefficient (Wildman–Crippen LogP) is 5.46. The third-order valence-corrected chi connectivity index (χ3v) is 5.85. The van der Waals surface area contributed by atoms with E-state index >= 15 is 0 Å². The molecule has 0 fully saturated rings. The fourth-order valence-corrected chi connectivity index (χ4v) is 3.85. The van der Waals surface area contributed by atoms with Crippen LogP contribution in [-0.4, -0.2) is 42.5 Å². The largest absolute Gasteiger partial charge is 0.449 e. The molecule has 3 rings (SSSR count). The second-order valence-electron chi connectivity index (χ2n) is 8.49. The van der Waals surface area contributed by atoms with Gasteiger partial charge in [-0.1, -0.05) is 42.5 Å². The number of nitrogens with one attached hydrogen (secondary N) is 3. The quantitative estimate of drug-likeness (QED) is 0.193. The van der Waals surface area contributed by atoms with Crippen LogP contribution >= 0.6 is 15.9 Å². The third-order valence-electron chi connectivity index (χ3n) is 5.41. The number of unbranched alkanes of at least 4 members (excludes halogenated alkanes) is 1. The van der Waals surface area contributed by atoms with Gasteiger partial charge in [-0.05, 0) is 71.4 Å². The number of nitrogens with zero attached hydrogens (tertiary/aromatic N) is 1. The van der Waals surface area contributed by atoms with Crippen molar-refractivity contribution in [1.82, 2.24) is 15.6 Å². The molecule has 0 bridgehead atoms. The van der Waals surface area contributed by atoms with Gasteiger partial charge in [-0.3, -0.25) is 15.1 Å². The number of carbonyl (C=O) groups is 3. The highest BCUT2D eigenvalue weighted by atomic mass is 79.9. The molecule has 0 saturated carbocycles. The average molecular weight is 583 g/mol. The third kappa shape index (κ3) is 10.6. The first-order valence-corrected chi connectivity index (χ1v) is 13.1. The van der Waals surface area contributed by atoms with Crippen LogP contribution in [0.1, 0.15) is 41.3 Å². The summed E-state index contributed by atoms with van der Waals surface area (Å²) in [7, 11) is 0. The molecule has 0 aliphatic rings. The molecular formula is C28H31BrN4O5. The van der Waals surface area contributed by atoms with Crippen LogP contribution < -0.4 is 16.0 Å². The molecule has 9 nitrogen and oxygen atoms in total. The number of aromatic nitrogens is 1. The van der Waals surface area contributed by atoms with Crippen LogP contribution in [0, 0.1) is 0 Å². The standard InChI is InChI=1S/C28H31BrN4O5/c1-20(38-27(35)31-15-6-5-9-21-7-3-2-4-8-21)32-28(36)37-16-14-22-10-12-25(13-11-22)33-26(34)23-17-24(29)19-30-18-23/h2-4,7-8,10-13,17-20H,5-6,9,14-16H2,1H3,(H,31,35)(H,32,36)(H,33,34). The van der Waals surface area contributed by atoms with Gasteiger partial charge < -0.3 is 20.1 Å². The van der Waals surface area contributed by atoms with Crippen molar-refractivity contribution in [2.75, 3.05) is 18.5 Å². The Bertz CT molecular complexity index is 1190. The summed E-state index contributed by atoms with van der Waals surface area (Å²) in [6.45, 7) is 2.18. The topological polar surface area (TPSA) is 119 Å². The molecule has 0 aliphatic carbocycles. The number of hydrogen-bond donors (Lipinski definition) is 3. The number of carbonyl (C=O) groups excluding carboxylic acids is 3. The maximum Gasteiger partial charge on any atom is 0.409 e. The lowest BCUT2D eigenvalue weighted by atomic mass is 10.1. The van der Waals surface area contributed by atoms with Crippen LogP contribution in [0.2, 0.25) is 0 Å². The van der Waals surface area contributed by atoms with Gasteiger partial charge in [-0.25, -0.2) is 9.59 Å². The fraction of sp³-hybridized carbons (Fsp3) is 0.286. The summed E-state index contributed by atoms with van der Waals surface area (Å²) >= 11 is 3.30. The Morgan fingerprint density at radius 2 is 1.66 bits per heavy atom. The van der Waals surface area contributed by atoms with Gasteiger partial charge in [-0.2, -0.15) is 0 Å². The Balaban J connectivity index is 1.26. The number of halogens is 1. The minimum absolute atomic E-state index is 0.140. The van der Waals surface area contributed by atoms with Gasteiger partial charge in [0.1, 0.15) is 0 Å². The number of amides is 3. The molecule has 1 unspecified atom stereocenters. The van der Waals surface area contributed by atoms with Crippen molar-refractivity contribution in [3.05, 3.63) is 94.2 Å². The molecule has 38 heavy (non-hydrogen) atoms. The zero-order valence-corrected chi connectivity index (χ0v) is 22.7. The fourth-order valence-electron chi connectivity index (χ4n) is 3.48. The first-order chi connectivity index (χ1) is 18.4. The molecule has 0 radical (unpaired) electrons. The minimum Gasteiger partial charge on any atom is -0.449 e. The molecule has 3 aromatic rings. The molecule has 0 spiro atoms. The van der Waals surface area contributed by atoms with Crippen molar-refractivity contribution in [3.63, 3.8) is 0 Å². The second kappa shape index (κ2) is 15.4. The summed E-state index contributed by atoms with van der Waals surface area (Å²) in [6, 6.07) is 19.1. The molecule has 1 aromatic heterocycles. The van der Waals surface area contributed by atoms with Crippen LogP contribution in [0.5, 0.6) is 0 Å². The number of alkyl carbamates (subject to hydrolysis) is 2. The van der Waals surface area contributed by atoms with Crippen molar-refractivity contribution in [2.24, 2.45) is 0 Å². The highest BCUT2D eigenvalue weighted by molar-refractivity contribution is 9.10. The van der Waals surface area contributed by atoms with Gasteiger partial charge in [0.2, 0.25) is 0 Å². The number of pyridine rings is 1. The van der Waals surface area contributed by atoms with Crippen LogP contribution in [-0.2, 0) is 22.3 Å². The molecule has 1 heterocycles.